The molecule has 0 saturated carbocycles. The maximum absolute atomic E-state index is 4.18. The molecule has 3 nitrogen and oxygen atoms in total. The van der Waals surface area contributed by atoms with Crippen molar-refractivity contribution in [1.29, 1.82) is 0 Å². The molecule has 0 aliphatic carbocycles. The van der Waals surface area contributed by atoms with Crippen molar-refractivity contribution >= 4 is 0 Å². The summed E-state index contributed by atoms with van der Waals surface area (Å²) in [6.45, 7) is 4.88. The van der Waals surface area contributed by atoms with E-state index >= 15 is 0 Å². The fourth-order valence-electron chi connectivity index (χ4n) is 1.43. The molecule has 1 aromatic heterocycles. The van der Waals surface area contributed by atoms with Crippen LogP contribution in [0, 0.1) is 0 Å². The molecule has 0 fully saturated rings. The quantitative estimate of drug-likeness (QED) is 0.856. The summed E-state index contributed by atoms with van der Waals surface area (Å²) < 4.78 is 1.86. The number of hydrogen-bond acceptors (Lipinski definition) is 2. The predicted molar refractivity (Wildman–Crippen MR) is 67.7 cm³/mol. The molecule has 0 amide bonds. The Morgan fingerprint density at radius 1 is 1.25 bits per heavy atom. The molecular weight excluding hydrogens is 198 g/mol. The number of nitrogens with one attached hydrogen (secondary N) is 1. The van der Waals surface area contributed by atoms with Crippen molar-refractivity contribution in [3.05, 3.63) is 48.3 Å². The van der Waals surface area contributed by atoms with E-state index in [9.17, 15) is 0 Å². The van der Waals surface area contributed by atoms with Gasteiger partial charge in [-0.25, -0.2) is 4.68 Å². The summed E-state index contributed by atoms with van der Waals surface area (Å²) >= 11 is 0. The van der Waals surface area contributed by atoms with Gasteiger partial charge >= 0.3 is 0 Å². The van der Waals surface area contributed by atoms with Crippen LogP contribution in [0.4, 0.5) is 0 Å². The van der Waals surface area contributed by atoms with Crippen LogP contribution in [0.3, 0.4) is 0 Å². The average Bonchev–Trinajstić information content (AvgIpc) is 2.86. The Morgan fingerprint density at radius 3 is 2.69 bits per heavy atom. The number of benzene rings is 1. The highest BCUT2D eigenvalue weighted by molar-refractivity contribution is 5.34. The molecule has 86 valence electrons. The molecule has 1 aromatic carbocycles. The summed E-state index contributed by atoms with van der Waals surface area (Å²) in [6, 6.07) is 10.2. The highest BCUT2D eigenvalue weighted by Gasteiger charge is 1.96. The molecule has 1 heterocycles. The van der Waals surface area contributed by atoms with Crippen LogP contribution in [0.15, 0.2) is 42.7 Å². The van der Waals surface area contributed by atoms with Crippen LogP contribution in [0.1, 0.15) is 19.4 Å². The van der Waals surface area contributed by atoms with Gasteiger partial charge in [0.15, 0.2) is 0 Å². The second kappa shape index (κ2) is 6.80. The van der Waals surface area contributed by atoms with E-state index in [2.05, 4.69) is 22.5 Å². The highest BCUT2D eigenvalue weighted by Crippen LogP contribution is 2.08. The van der Waals surface area contributed by atoms with Crippen LogP contribution in [-0.4, -0.2) is 16.8 Å². The summed E-state index contributed by atoms with van der Waals surface area (Å²) in [6.07, 6.45) is 3.73. The Hall–Kier alpha value is -1.61. The fraction of sp³-hybridized carbons (Fsp3) is 0.308. The minimum absolute atomic E-state index is 0.884. The van der Waals surface area contributed by atoms with Gasteiger partial charge in [0.1, 0.15) is 0 Å². The first-order chi connectivity index (χ1) is 7.90. The Bertz CT molecular complexity index is 393. The van der Waals surface area contributed by atoms with Crippen molar-refractivity contribution in [2.24, 2.45) is 0 Å². The zero-order valence-electron chi connectivity index (χ0n) is 10.1. The Balaban J connectivity index is 0.000000606. The smallest absolute Gasteiger partial charge is 0.0648 e. The van der Waals surface area contributed by atoms with Crippen molar-refractivity contribution in [3.8, 4) is 5.69 Å². The van der Waals surface area contributed by atoms with Gasteiger partial charge in [-0.2, -0.15) is 5.10 Å². The summed E-state index contributed by atoms with van der Waals surface area (Å²) in [5.41, 5.74) is 2.36. The summed E-state index contributed by atoms with van der Waals surface area (Å²) in [4.78, 5) is 0. The zero-order chi connectivity index (χ0) is 11.8. The van der Waals surface area contributed by atoms with Gasteiger partial charge in [-0.15, -0.1) is 0 Å². The first kappa shape index (κ1) is 12.5. The Labute approximate surface area is 97.1 Å². The number of rotatable bonds is 3. The van der Waals surface area contributed by atoms with Crippen molar-refractivity contribution in [2.45, 2.75) is 20.4 Å². The number of hydrogen-bond donors (Lipinski definition) is 1. The second-order valence-corrected chi connectivity index (χ2v) is 3.15. The SMILES string of the molecule is CC.CNCc1cccc(-n2cccn2)c1. The van der Waals surface area contributed by atoms with Gasteiger partial charge in [0, 0.05) is 18.9 Å². The molecule has 2 rings (SSSR count). The lowest BCUT2D eigenvalue weighted by Gasteiger charge is -2.04. The molecule has 0 bridgehead atoms. The Kier molecular flexibility index (Phi) is 5.29. The molecule has 0 unspecified atom stereocenters. The van der Waals surface area contributed by atoms with Crippen molar-refractivity contribution in [1.82, 2.24) is 15.1 Å². The van der Waals surface area contributed by atoms with Gasteiger partial charge in [-0.1, -0.05) is 26.0 Å². The normalized spacial score (nSPS) is 9.44. The first-order valence-corrected chi connectivity index (χ1v) is 5.64. The van der Waals surface area contributed by atoms with Crippen molar-refractivity contribution in [3.63, 3.8) is 0 Å². The lowest BCUT2D eigenvalue weighted by atomic mass is 10.2. The molecule has 0 atom stereocenters. The van der Waals surface area contributed by atoms with Gasteiger partial charge in [-0.05, 0) is 30.8 Å². The minimum atomic E-state index is 0.884. The molecule has 0 spiro atoms. The van der Waals surface area contributed by atoms with E-state index < -0.39 is 0 Å². The fourth-order valence-corrected chi connectivity index (χ4v) is 1.43. The summed E-state index contributed by atoms with van der Waals surface area (Å²) in [7, 11) is 1.95. The van der Waals surface area contributed by atoms with Crippen LogP contribution in [0.2, 0.25) is 0 Å². The highest BCUT2D eigenvalue weighted by atomic mass is 15.3. The molecular formula is C13H19N3. The lowest BCUT2D eigenvalue weighted by Crippen LogP contribution is -2.05. The molecule has 16 heavy (non-hydrogen) atoms. The largest absolute Gasteiger partial charge is 0.316 e. The second-order valence-electron chi connectivity index (χ2n) is 3.15. The minimum Gasteiger partial charge on any atom is -0.316 e. The van der Waals surface area contributed by atoms with Crippen LogP contribution in [-0.2, 0) is 6.54 Å². The van der Waals surface area contributed by atoms with Gasteiger partial charge in [0.25, 0.3) is 0 Å². The topological polar surface area (TPSA) is 29.9 Å². The molecule has 0 aliphatic rings. The Morgan fingerprint density at radius 2 is 2.06 bits per heavy atom. The number of nitrogens with zero attached hydrogens (tertiary/aromatic N) is 2. The van der Waals surface area contributed by atoms with Gasteiger partial charge in [-0.3, -0.25) is 0 Å². The monoisotopic (exact) mass is 217 g/mol. The van der Waals surface area contributed by atoms with E-state index in [1.54, 1.807) is 6.20 Å². The van der Waals surface area contributed by atoms with Gasteiger partial charge in [0.2, 0.25) is 0 Å². The van der Waals surface area contributed by atoms with E-state index in [4.69, 9.17) is 0 Å². The van der Waals surface area contributed by atoms with Gasteiger partial charge < -0.3 is 5.32 Å². The van der Waals surface area contributed by atoms with Crippen LogP contribution < -0.4 is 5.32 Å². The maximum atomic E-state index is 4.18. The van der Waals surface area contributed by atoms with E-state index in [-0.39, 0.29) is 0 Å². The maximum Gasteiger partial charge on any atom is 0.0648 e. The van der Waals surface area contributed by atoms with E-state index in [1.165, 1.54) is 5.56 Å². The number of aromatic nitrogens is 2. The third-order valence-corrected chi connectivity index (χ3v) is 2.06. The van der Waals surface area contributed by atoms with Crippen LogP contribution in [0.25, 0.3) is 5.69 Å². The van der Waals surface area contributed by atoms with Crippen LogP contribution in [0.5, 0.6) is 0 Å². The van der Waals surface area contributed by atoms with E-state index in [1.807, 2.05) is 50.0 Å². The van der Waals surface area contributed by atoms with Gasteiger partial charge in [0.05, 0.1) is 5.69 Å². The standard InChI is InChI=1S/C11H13N3.C2H6/c1-12-9-10-4-2-5-11(8-10)14-7-3-6-13-14;1-2/h2-8,12H,9H2,1H3;1-2H3. The molecule has 1 N–H and O–H groups in total. The average molecular weight is 217 g/mol. The van der Waals surface area contributed by atoms with E-state index in [0.717, 1.165) is 12.2 Å². The first-order valence-electron chi connectivity index (χ1n) is 5.64. The zero-order valence-corrected chi connectivity index (χ0v) is 10.1. The predicted octanol–water partition coefficient (Wildman–Crippen LogP) is 2.62. The lowest BCUT2D eigenvalue weighted by molar-refractivity contribution is 0.811. The molecule has 0 saturated heterocycles. The molecule has 0 radical (unpaired) electrons. The summed E-state index contributed by atoms with van der Waals surface area (Å²) in [5.74, 6) is 0. The molecule has 0 aliphatic heterocycles. The van der Waals surface area contributed by atoms with Crippen molar-refractivity contribution < 1.29 is 0 Å². The van der Waals surface area contributed by atoms with Crippen LogP contribution >= 0.6 is 0 Å². The molecule has 3 heteroatoms. The van der Waals surface area contributed by atoms with E-state index in [0.29, 0.717) is 0 Å². The third kappa shape index (κ3) is 3.21. The van der Waals surface area contributed by atoms with Crippen molar-refractivity contribution in [2.75, 3.05) is 7.05 Å². The molecule has 2 aromatic rings. The third-order valence-electron chi connectivity index (χ3n) is 2.06. The summed E-state index contributed by atoms with van der Waals surface area (Å²) in [5, 5.41) is 7.31.